The van der Waals surface area contributed by atoms with E-state index in [9.17, 15) is 0 Å². The Morgan fingerprint density at radius 3 is 2.31 bits per heavy atom. The van der Waals surface area contributed by atoms with Gasteiger partial charge in [-0.3, -0.25) is 0 Å². The van der Waals surface area contributed by atoms with Crippen molar-refractivity contribution < 1.29 is 18.9 Å². The summed E-state index contributed by atoms with van der Waals surface area (Å²) < 4.78 is 22.4. The van der Waals surface area contributed by atoms with Gasteiger partial charge in [-0.2, -0.15) is 0 Å². The van der Waals surface area contributed by atoms with Crippen LogP contribution in [0.5, 0.6) is 0 Å². The van der Waals surface area contributed by atoms with E-state index in [0.717, 1.165) is 0 Å². The molecule has 96 valence electrons. The first-order valence-corrected chi connectivity index (χ1v) is 5.24. The van der Waals surface area contributed by atoms with Gasteiger partial charge in [0.2, 0.25) is 0 Å². The fourth-order valence-electron chi connectivity index (χ4n) is 2.20. The van der Waals surface area contributed by atoms with Crippen LogP contribution in [0.4, 0.5) is 0 Å². The molecule has 0 aromatic heterocycles. The van der Waals surface area contributed by atoms with E-state index in [0.29, 0.717) is 0 Å². The highest BCUT2D eigenvalue weighted by Crippen LogP contribution is 2.39. The van der Waals surface area contributed by atoms with Gasteiger partial charge in [0.1, 0.15) is 18.3 Å². The van der Waals surface area contributed by atoms with Crippen LogP contribution >= 0.6 is 12.4 Å². The molecule has 5 atom stereocenters. The second kappa shape index (κ2) is 4.76. The molecule has 0 amide bonds. The summed E-state index contributed by atoms with van der Waals surface area (Å²) in [4.78, 5) is 0. The number of hydrogen-bond acceptors (Lipinski definition) is 5. The fraction of sp³-hybridized carbons (Fsp3) is 1.00. The van der Waals surface area contributed by atoms with Crippen LogP contribution in [0.1, 0.15) is 20.8 Å². The molecular weight excluding hydrogens is 234 g/mol. The van der Waals surface area contributed by atoms with Crippen molar-refractivity contribution in [3.8, 4) is 0 Å². The first kappa shape index (κ1) is 14.2. The van der Waals surface area contributed by atoms with Crippen molar-refractivity contribution in [1.82, 2.24) is 0 Å². The molecule has 2 saturated heterocycles. The minimum atomic E-state index is -0.580. The van der Waals surface area contributed by atoms with Crippen LogP contribution in [0, 0.1) is 0 Å². The summed E-state index contributed by atoms with van der Waals surface area (Å²) in [5.41, 5.74) is 5.84. The van der Waals surface area contributed by atoms with Crippen molar-refractivity contribution in [3.05, 3.63) is 0 Å². The lowest BCUT2D eigenvalue weighted by Gasteiger charge is -2.25. The average Bonchev–Trinajstić information content (AvgIpc) is 2.57. The van der Waals surface area contributed by atoms with Gasteiger partial charge in [0, 0.05) is 13.2 Å². The number of ether oxygens (including phenoxy) is 4. The van der Waals surface area contributed by atoms with E-state index in [4.69, 9.17) is 24.7 Å². The van der Waals surface area contributed by atoms with Gasteiger partial charge in [-0.1, -0.05) is 0 Å². The van der Waals surface area contributed by atoms with Crippen molar-refractivity contribution in [2.24, 2.45) is 5.73 Å². The quantitative estimate of drug-likeness (QED) is 0.783. The van der Waals surface area contributed by atoms with E-state index in [1.165, 1.54) is 0 Å². The third kappa shape index (κ3) is 2.34. The molecule has 6 heteroatoms. The van der Waals surface area contributed by atoms with Crippen LogP contribution in [0.2, 0.25) is 0 Å². The molecule has 2 aliphatic rings. The van der Waals surface area contributed by atoms with Gasteiger partial charge >= 0.3 is 0 Å². The van der Waals surface area contributed by atoms with Gasteiger partial charge in [0.15, 0.2) is 12.1 Å². The monoisotopic (exact) mass is 253 g/mol. The molecule has 0 aromatic rings. The van der Waals surface area contributed by atoms with Gasteiger partial charge in [-0.15, -0.1) is 12.4 Å². The largest absolute Gasteiger partial charge is 0.353 e. The normalized spacial score (nSPS) is 42.6. The third-order valence-corrected chi connectivity index (χ3v) is 2.80. The van der Waals surface area contributed by atoms with Crippen LogP contribution in [0.25, 0.3) is 0 Å². The van der Waals surface area contributed by atoms with Gasteiger partial charge in [0.25, 0.3) is 0 Å². The molecule has 0 bridgehead atoms. The number of rotatable bonds is 2. The lowest BCUT2D eigenvalue weighted by Crippen LogP contribution is -2.41. The smallest absolute Gasteiger partial charge is 0.186 e. The number of fused-ring (bicyclic) bond motifs is 1. The van der Waals surface area contributed by atoms with E-state index in [-0.39, 0.29) is 43.1 Å². The molecule has 0 aliphatic carbocycles. The zero-order valence-corrected chi connectivity index (χ0v) is 10.8. The molecular formula is C10H20ClNO4. The minimum Gasteiger partial charge on any atom is -0.353 e. The topological polar surface area (TPSA) is 62.9 Å². The van der Waals surface area contributed by atoms with Crippen molar-refractivity contribution in [1.29, 1.82) is 0 Å². The summed E-state index contributed by atoms with van der Waals surface area (Å²) in [6.45, 7) is 5.67. The molecule has 2 aliphatic heterocycles. The van der Waals surface area contributed by atoms with E-state index >= 15 is 0 Å². The Bertz CT molecular complexity index is 249. The van der Waals surface area contributed by atoms with Crippen molar-refractivity contribution in [2.45, 2.75) is 57.2 Å². The molecule has 5 nitrogen and oxygen atoms in total. The second-order valence-electron chi connectivity index (χ2n) is 4.63. The molecule has 16 heavy (non-hydrogen) atoms. The Kier molecular flexibility index (Phi) is 4.21. The SMILES string of the molecule is CO[C@H]1O[C@@H]([C@@H](C)N)[C@@H]2OC(C)(C)O[C@H]12.Cl. The Balaban J connectivity index is 0.00000128. The van der Waals surface area contributed by atoms with Crippen molar-refractivity contribution in [2.75, 3.05) is 7.11 Å². The summed E-state index contributed by atoms with van der Waals surface area (Å²) in [7, 11) is 1.60. The summed E-state index contributed by atoms with van der Waals surface area (Å²) >= 11 is 0. The number of hydrogen-bond donors (Lipinski definition) is 1. The van der Waals surface area contributed by atoms with Crippen molar-refractivity contribution in [3.63, 3.8) is 0 Å². The number of halogens is 1. The van der Waals surface area contributed by atoms with Gasteiger partial charge in [-0.25, -0.2) is 0 Å². The lowest BCUT2D eigenvalue weighted by molar-refractivity contribution is -0.228. The van der Waals surface area contributed by atoms with E-state index in [2.05, 4.69) is 0 Å². The molecule has 0 saturated carbocycles. The Morgan fingerprint density at radius 2 is 1.81 bits per heavy atom. The number of methoxy groups -OCH3 is 1. The fourth-order valence-corrected chi connectivity index (χ4v) is 2.20. The lowest BCUT2D eigenvalue weighted by atomic mass is 10.1. The van der Waals surface area contributed by atoms with Crippen molar-refractivity contribution >= 4 is 12.4 Å². The van der Waals surface area contributed by atoms with Crippen LogP contribution in [0.3, 0.4) is 0 Å². The highest BCUT2D eigenvalue weighted by Gasteiger charge is 2.56. The van der Waals surface area contributed by atoms with E-state index in [1.54, 1.807) is 7.11 Å². The van der Waals surface area contributed by atoms with Crippen LogP contribution in [-0.2, 0) is 18.9 Å². The highest BCUT2D eigenvalue weighted by molar-refractivity contribution is 5.85. The van der Waals surface area contributed by atoms with Gasteiger partial charge in [-0.05, 0) is 20.8 Å². The third-order valence-electron chi connectivity index (χ3n) is 2.80. The molecule has 2 heterocycles. The zero-order chi connectivity index (χ0) is 11.2. The maximum Gasteiger partial charge on any atom is 0.186 e. The molecule has 0 spiro atoms. The Morgan fingerprint density at radius 1 is 1.25 bits per heavy atom. The molecule has 0 radical (unpaired) electrons. The molecule has 0 aromatic carbocycles. The molecule has 2 fully saturated rings. The first-order valence-electron chi connectivity index (χ1n) is 5.24. The second-order valence-corrected chi connectivity index (χ2v) is 4.63. The van der Waals surface area contributed by atoms with Crippen LogP contribution in [0.15, 0.2) is 0 Å². The summed E-state index contributed by atoms with van der Waals surface area (Å²) in [5.74, 6) is -0.580. The highest BCUT2D eigenvalue weighted by atomic mass is 35.5. The van der Waals surface area contributed by atoms with E-state index in [1.807, 2.05) is 20.8 Å². The molecule has 2 rings (SSSR count). The van der Waals surface area contributed by atoms with Gasteiger partial charge < -0.3 is 24.7 Å². The predicted molar refractivity (Wildman–Crippen MR) is 60.4 cm³/mol. The zero-order valence-electron chi connectivity index (χ0n) is 10.0. The minimum absolute atomic E-state index is 0. The predicted octanol–water partition coefficient (Wildman–Crippen LogP) is 0.647. The van der Waals surface area contributed by atoms with Crippen LogP contribution < -0.4 is 5.73 Å². The standard InChI is InChI=1S/C10H19NO4.ClH/c1-5(11)6-7-8(9(12-4)13-6)15-10(2,3)14-7;/h5-9H,11H2,1-4H3;1H/t5-,6+,7+,8+,9+;/m1./s1. The summed E-state index contributed by atoms with van der Waals surface area (Å²) in [5, 5.41) is 0. The Hall–Kier alpha value is 0.0900. The van der Waals surface area contributed by atoms with E-state index < -0.39 is 5.79 Å². The number of nitrogens with two attached hydrogens (primary N) is 1. The molecule has 0 unspecified atom stereocenters. The maximum atomic E-state index is 5.84. The molecule has 2 N–H and O–H groups in total. The van der Waals surface area contributed by atoms with Crippen LogP contribution in [-0.4, -0.2) is 43.5 Å². The van der Waals surface area contributed by atoms with Gasteiger partial charge in [0.05, 0.1) is 0 Å². The summed E-state index contributed by atoms with van der Waals surface area (Å²) in [6, 6.07) is -0.102. The first-order chi connectivity index (χ1) is 6.94. The average molecular weight is 254 g/mol. The maximum absolute atomic E-state index is 5.84. The Labute approximate surface area is 102 Å². The summed E-state index contributed by atoms with van der Waals surface area (Å²) in [6.07, 6.45) is -0.861.